The van der Waals surface area contributed by atoms with Gasteiger partial charge in [0.05, 0.1) is 23.3 Å². The maximum absolute atomic E-state index is 9.59. The van der Waals surface area contributed by atoms with Crippen LogP contribution in [0.2, 0.25) is 0 Å². The average molecular weight is 376 g/mol. The van der Waals surface area contributed by atoms with Gasteiger partial charge in [-0.05, 0) is 91.2 Å². The molecule has 2 aliphatic rings. The summed E-state index contributed by atoms with van der Waals surface area (Å²) >= 11 is 0. The highest BCUT2D eigenvalue weighted by molar-refractivity contribution is 6.98. The van der Waals surface area contributed by atoms with E-state index in [4.69, 9.17) is 9.47 Å². The highest BCUT2D eigenvalue weighted by Crippen LogP contribution is 2.39. The molecule has 29 heavy (non-hydrogen) atoms. The summed E-state index contributed by atoms with van der Waals surface area (Å²) in [4.78, 5) is 0. The summed E-state index contributed by atoms with van der Waals surface area (Å²) in [6.07, 6.45) is 0. The first-order valence-electron chi connectivity index (χ1n) is 9.52. The van der Waals surface area contributed by atoms with Crippen LogP contribution < -0.4 is 25.9 Å². The summed E-state index contributed by atoms with van der Waals surface area (Å²) in [5.41, 5.74) is 7.94. The molecule has 3 aromatic rings. The number of rotatable bonds is 0. The molecule has 0 saturated heterocycles. The van der Waals surface area contributed by atoms with E-state index < -0.39 is 0 Å². The minimum Gasteiger partial charge on any atom is -0.458 e. The van der Waals surface area contributed by atoms with Crippen molar-refractivity contribution >= 4 is 23.1 Å². The van der Waals surface area contributed by atoms with E-state index >= 15 is 0 Å². The first-order chi connectivity index (χ1) is 13.9. The summed E-state index contributed by atoms with van der Waals surface area (Å²) in [7, 11) is 0. The molecule has 0 atom stereocenters. The number of aryl methyl sites for hydroxylation is 4. The Kier molecular flexibility index (Phi) is 3.54. The summed E-state index contributed by atoms with van der Waals surface area (Å²) in [5.74, 6) is 3.11. The van der Waals surface area contributed by atoms with Crippen LogP contribution in [-0.4, -0.2) is 6.71 Å². The molecule has 138 valence electrons. The van der Waals surface area contributed by atoms with Gasteiger partial charge in [0.1, 0.15) is 23.0 Å². The predicted molar refractivity (Wildman–Crippen MR) is 113 cm³/mol. The standard InChI is InChI=1S/C24H17BN2O2/c1-12-6-20-18(8-16(12)10-26)25-19-9-17(11-27)13(2)7-21(19)29-24-15(4)5-14(3)23(28-20)22(24)25/h5-9H,1-4H3. The van der Waals surface area contributed by atoms with Crippen molar-refractivity contribution < 1.29 is 9.47 Å². The molecule has 0 N–H and O–H groups in total. The number of nitrogens with zero attached hydrogens (tertiary/aromatic N) is 2. The maximum atomic E-state index is 9.59. The fourth-order valence-corrected chi connectivity index (χ4v) is 4.48. The number of hydrogen-bond acceptors (Lipinski definition) is 4. The molecular formula is C24H17BN2O2. The van der Waals surface area contributed by atoms with Crippen molar-refractivity contribution in [2.75, 3.05) is 0 Å². The normalized spacial score (nSPS) is 12.6. The fourth-order valence-electron chi connectivity index (χ4n) is 4.48. The van der Waals surface area contributed by atoms with Gasteiger partial charge in [-0.3, -0.25) is 0 Å². The fraction of sp³-hybridized carbons (Fsp3) is 0.167. The minimum absolute atomic E-state index is 0.147. The van der Waals surface area contributed by atoms with E-state index in [0.29, 0.717) is 11.1 Å². The van der Waals surface area contributed by atoms with Crippen LogP contribution in [-0.2, 0) is 0 Å². The second-order valence-electron chi connectivity index (χ2n) is 7.85. The van der Waals surface area contributed by atoms with E-state index in [1.807, 2.05) is 52.0 Å². The molecule has 0 amide bonds. The monoisotopic (exact) mass is 376 g/mol. The summed E-state index contributed by atoms with van der Waals surface area (Å²) in [5, 5.41) is 19.2. The SMILES string of the molecule is Cc1cc2c(cc1C#N)B1c3cc(C#N)c(C)cc3Oc3c(C)cc(C)c(c31)O2. The molecule has 2 aliphatic heterocycles. The van der Waals surface area contributed by atoms with Crippen molar-refractivity contribution in [2.45, 2.75) is 27.7 Å². The zero-order valence-electron chi connectivity index (χ0n) is 16.7. The minimum atomic E-state index is -0.147. The number of fused-ring (bicyclic) bond motifs is 4. The largest absolute Gasteiger partial charge is 0.458 e. The van der Waals surface area contributed by atoms with Crippen LogP contribution in [0.1, 0.15) is 33.4 Å². The second-order valence-corrected chi connectivity index (χ2v) is 7.85. The first kappa shape index (κ1) is 17.4. The van der Waals surface area contributed by atoms with E-state index in [9.17, 15) is 10.5 Å². The topological polar surface area (TPSA) is 66.0 Å². The van der Waals surface area contributed by atoms with E-state index in [1.165, 1.54) is 0 Å². The maximum Gasteiger partial charge on any atom is 0.260 e. The number of nitriles is 2. The van der Waals surface area contributed by atoms with Crippen molar-refractivity contribution in [1.29, 1.82) is 10.5 Å². The van der Waals surface area contributed by atoms with Gasteiger partial charge in [0.2, 0.25) is 0 Å². The number of benzene rings is 3. The van der Waals surface area contributed by atoms with Gasteiger partial charge in [-0.2, -0.15) is 10.5 Å². The van der Waals surface area contributed by atoms with Crippen LogP contribution in [0.5, 0.6) is 23.0 Å². The lowest BCUT2D eigenvalue weighted by Gasteiger charge is -2.35. The molecule has 2 heterocycles. The Balaban J connectivity index is 1.90. The van der Waals surface area contributed by atoms with Gasteiger partial charge in [0, 0.05) is 5.46 Å². The Morgan fingerprint density at radius 3 is 1.52 bits per heavy atom. The molecule has 0 fully saturated rings. The summed E-state index contributed by atoms with van der Waals surface area (Å²) in [6, 6.07) is 14.4. The molecule has 3 aromatic carbocycles. The highest BCUT2D eigenvalue weighted by atomic mass is 16.5. The molecule has 4 nitrogen and oxygen atoms in total. The highest BCUT2D eigenvalue weighted by Gasteiger charge is 2.42. The van der Waals surface area contributed by atoms with E-state index in [-0.39, 0.29) is 6.71 Å². The van der Waals surface area contributed by atoms with Crippen molar-refractivity contribution in [1.82, 2.24) is 0 Å². The lowest BCUT2D eigenvalue weighted by atomic mass is 9.34. The molecule has 0 saturated carbocycles. The van der Waals surface area contributed by atoms with E-state index in [2.05, 4.69) is 18.2 Å². The molecular weight excluding hydrogens is 359 g/mol. The van der Waals surface area contributed by atoms with Gasteiger partial charge < -0.3 is 9.47 Å². The van der Waals surface area contributed by atoms with Crippen molar-refractivity contribution in [3.8, 4) is 35.1 Å². The quantitative estimate of drug-likeness (QED) is 0.389. The Bertz CT molecular complexity index is 1230. The van der Waals surface area contributed by atoms with Crippen LogP contribution in [0.3, 0.4) is 0 Å². The molecule has 0 aromatic heterocycles. The summed E-state index contributed by atoms with van der Waals surface area (Å²) in [6.45, 7) is 7.76. The van der Waals surface area contributed by atoms with Crippen LogP contribution >= 0.6 is 0 Å². The average Bonchev–Trinajstić information content (AvgIpc) is 2.70. The molecule has 0 spiro atoms. The lowest BCUT2D eigenvalue weighted by molar-refractivity contribution is 0.459. The summed E-state index contributed by atoms with van der Waals surface area (Å²) < 4.78 is 12.7. The Labute approximate surface area is 170 Å². The van der Waals surface area contributed by atoms with Gasteiger partial charge in [-0.25, -0.2) is 0 Å². The third-order valence-corrected chi connectivity index (χ3v) is 5.93. The van der Waals surface area contributed by atoms with Crippen LogP contribution in [0.25, 0.3) is 0 Å². The lowest BCUT2D eigenvalue weighted by Crippen LogP contribution is -2.58. The second kappa shape index (κ2) is 5.90. The molecule has 0 unspecified atom stereocenters. The Morgan fingerprint density at radius 2 is 1.10 bits per heavy atom. The Morgan fingerprint density at radius 1 is 0.655 bits per heavy atom. The number of ether oxygens (including phenoxy) is 2. The number of hydrogen-bond donors (Lipinski definition) is 0. The van der Waals surface area contributed by atoms with E-state index in [0.717, 1.165) is 61.6 Å². The van der Waals surface area contributed by atoms with Gasteiger partial charge in [-0.15, -0.1) is 0 Å². The zero-order chi connectivity index (χ0) is 20.4. The van der Waals surface area contributed by atoms with Crippen LogP contribution in [0.15, 0.2) is 30.3 Å². The zero-order valence-corrected chi connectivity index (χ0v) is 16.7. The van der Waals surface area contributed by atoms with Crippen LogP contribution in [0, 0.1) is 50.4 Å². The van der Waals surface area contributed by atoms with Crippen molar-refractivity contribution in [3.05, 3.63) is 63.7 Å². The third-order valence-electron chi connectivity index (χ3n) is 5.93. The van der Waals surface area contributed by atoms with Crippen LogP contribution in [0.4, 0.5) is 0 Å². The third kappa shape index (κ3) is 2.31. The molecule has 0 bridgehead atoms. The van der Waals surface area contributed by atoms with Gasteiger partial charge in [0.25, 0.3) is 6.71 Å². The smallest absolute Gasteiger partial charge is 0.260 e. The van der Waals surface area contributed by atoms with Gasteiger partial charge in [-0.1, -0.05) is 0 Å². The van der Waals surface area contributed by atoms with E-state index in [1.54, 1.807) is 0 Å². The molecule has 5 rings (SSSR count). The van der Waals surface area contributed by atoms with Gasteiger partial charge in [0.15, 0.2) is 0 Å². The molecule has 5 heteroatoms. The van der Waals surface area contributed by atoms with Crippen molar-refractivity contribution in [2.24, 2.45) is 0 Å². The van der Waals surface area contributed by atoms with Gasteiger partial charge >= 0.3 is 0 Å². The Hall–Kier alpha value is -3.70. The first-order valence-corrected chi connectivity index (χ1v) is 9.52. The predicted octanol–water partition coefficient (Wildman–Crippen LogP) is 3.39. The molecule has 0 radical (unpaired) electrons. The van der Waals surface area contributed by atoms with Crippen molar-refractivity contribution in [3.63, 3.8) is 0 Å². The molecule has 0 aliphatic carbocycles.